The summed E-state index contributed by atoms with van der Waals surface area (Å²) in [6.07, 6.45) is 7.18. The molecule has 21 heavy (non-hydrogen) atoms. The van der Waals surface area contributed by atoms with E-state index in [0.717, 1.165) is 38.6 Å². The van der Waals surface area contributed by atoms with Gasteiger partial charge in [-0.1, -0.05) is 6.42 Å². The van der Waals surface area contributed by atoms with Gasteiger partial charge in [-0.05, 0) is 58.4 Å². The molecule has 2 saturated carbocycles. The highest BCUT2D eigenvalue weighted by Gasteiger charge is 2.43. The summed E-state index contributed by atoms with van der Waals surface area (Å²) in [4.78, 5) is 2.57. The Morgan fingerprint density at radius 1 is 1.33 bits per heavy atom. The van der Waals surface area contributed by atoms with Crippen LogP contribution in [0.15, 0.2) is 0 Å². The van der Waals surface area contributed by atoms with Gasteiger partial charge in [-0.15, -0.1) is 0 Å². The summed E-state index contributed by atoms with van der Waals surface area (Å²) in [6.45, 7) is 7.24. The van der Waals surface area contributed by atoms with E-state index in [2.05, 4.69) is 30.1 Å². The first-order valence-electron chi connectivity index (χ1n) is 8.53. The highest BCUT2D eigenvalue weighted by Crippen LogP contribution is 2.38. The number of nitriles is 1. The van der Waals surface area contributed by atoms with Crippen LogP contribution in [0, 0.1) is 17.2 Å². The fraction of sp³-hybridized carbons (Fsp3) is 0.941. The zero-order valence-electron chi connectivity index (χ0n) is 13.9. The monoisotopic (exact) mass is 293 g/mol. The molecule has 120 valence electrons. The van der Waals surface area contributed by atoms with Crippen molar-refractivity contribution in [3.8, 4) is 6.07 Å². The number of methoxy groups -OCH3 is 1. The van der Waals surface area contributed by atoms with Crippen LogP contribution in [0.1, 0.15) is 52.4 Å². The van der Waals surface area contributed by atoms with Crippen LogP contribution in [-0.4, -0.2) is 49.3 Å². The molecule has 0 aromatic carbocycles. The molecule has 0 saturated heterocycles. The molecule has 2 unspecified atom stereocenters. The van der Waals surface area contributed by atoms with Gasteiger partial charge in [0.25, 0.3) is 0 Å². The van der Waals surface area contributed by atoms with Gasteiger partial charge in [0, 0.05) is 25.7 Å². The number of hydrogen-bond donors (Lipinski definition) is 1. The molecule has 0 aliphatic heterocycles. The van der Waals surface area contributed by atoms with Gasteiger partial charge in [-0.2, -0.15) is 5.26 Å². The lowest BCUT2D eigenvalue weighted by atomic mass is 9.85. The Labute approximate surface area is 129 Å². The van der Waals surface area contributed by atoms with Crippen molar-refractivity contribution in [2.75, 3.05) is 26.8 Å². The highest BCUT2D eigenvalue weighted by molar-refractivity contribution is 5.14. The van der Waals surface area contributed by atoms with Crippen LogP contribution < -0.4 is 5.32 Å². The normalized spacial score (nSPS) is 29.2. The van der Waals surface area contributed by atoms with Gasteiger partial charge in [0.15, 0.2) is 0 Å². The molecular weight excluding hydrogens is 262 g/mol. The molecule has 0 aromatic rings. The van der Waals surface area contributed by atoms with E-state index in [1.165, 1.54) is 25.7 Å². The van der Waals surface area contributed by atoms with E-state index in [-0.39, 0.29) is 5.54 Å². The molecule has 2 atom stereocenters. The van der Waals surface area contributed by atoms with Crippen LogP contribution in [0.5, 0.6) is 0 Å². The summed E-state index contributed by atoms with van der Waals surface area (Å²) in [5, 5.41) is 13.3. The van der Waals surface area contributed by atoms with Crippen LogP contribution >= 0.6 is 0 Å². The molecule has 2 aliphatic carbocycles. The quantitative estimate of drug-likeness (QED) is 0.710. The Kier molecular flexibility index (Phi) is 6.04. The van der Waals surface area contributed by atoms with Gasteiger partial charge in [0.2, 0.25) is 0 Å². The van der Waals surface area contributed by atoms with Crippen LogP contribution in [0.2, 0.25) is 0 Å². The molecule has 0 radical (unpaired) electrons. The molecule has 1 N–H and O–H groups in total. The van der Waals surface area contributed by atoms with Gasteiger partial charge in [-0.25, -0.2) is 0 Å². The molecule has 0 aromatic heterocycles. The third-order valence-electron chi connectivity index (χ3n) is 4.98. The van der Waals surface area contributed by atoms with E-state index < -0.39 is 0 Å². The zero-order valence-corrected chi connectivity index (χ0v) is 13.9. The van der Waals surface area contributed by atoms with Crippen molar-refractivity contribution in [3.63, 3.8) is 0 Å². The second-order valence-electron chi connectivity index (χ2n) is 7.02. The molecule has 0 heterocycles. The van der Waals surface area contributed by atoms with E-state index in [4.69, 9.17) is 4.74 Å². The average molecular weight is 293 g/mol. The largest absolute Gasteiger partial charge is 0.383 e. The number of rotatable bonds is 9. The Bertz CT molecular complexity index is 362. The minimum Gasteiger partial charge on any atom is -0.383 e. The molecule has 0 amide bonds. The van der Waals surface area contributed by atoms with E-state index >= 15 is 0 Å². The number of ether oxygens (including phenoxy) is 1. The molecule has 4 heteroatoms. The molecular formula is C17H31N3O. The number of hydrogen-bond acceptors (Lipinski definition) is 4. The first-order chi connectivity index (χ1) is 10.1. The SMILES string of the molecule is COCCN(CCC1CCCC1(C#N)NC(C)C)C1CC1. The van der Waals surface area contributed by atoms with E-state index in [1.54, 1.807) is 7.11 Å². The second kappa shape index (κ2) is 7.58. The van der Waals surface area contributed by atoms with Crippen molar-refractivity contribution < 1.29 is 4.74 Å². The van der Waals surface area contributed by atoms with Gasteiger partial charge < -0.3 is 4.74 Å². The molecule has 0 bridgehead atoms. The fourth-order valence-corrected chi connectivity index (χ4v) is 3.80. The zero-order chi connectivity index (χ0) is 15.3. The van der Waals surface area contributed by atoms with Crippen LogP contribution in [0.4, 0.5) is 0 Å². The summed E-state index contributed by atoms with van der Waals surface area (Å²) < 4.78 is 5.23. The second-order valence-corrected chi connectivity index (χ2v) is 7.02. The van der Waals surface area contributed by atoms with E-state index in [9.17, 15) is 5.26 Å². The Morgan fingerprint density at radius 2 is 2.10 bits per heavy atom. The predicted octanol–water partition coefficient (Wildman–Crippen LogP) is 2.55. The molecule has 2 rings (SSSR count). The summed E-state index contributed by atoms with van der Waals surface area (Å²) in [6, 6.07) is 3.76. The average Bonchev–Trinajstić information content (AvgIpc) is 3.22. The lowest BCUT2D eigenvalue weighted by Gasteiger charge is -2.33. The van der Waals surface area contributed by atoms with Gasteiger partial charge in [0.1, 0.15) is 5.54 Å². The highest BCUT2D eigenvalue weighted by atomic mass is 16.5. The molecule has 2 fully saturated rings. The van der Waals surface area contributed by atoms with Crippen molar-refractivity contribution in [1.82, 2.24) is 10.2 Å². The maximum Gasteiger partial charge on any atom is 0.109 e. The Balaban J connectivity index is 1.89. The maximum absolute atomic E-state index is 9.72. The van der Waals surface area contributed by atoms with E-state index in [1.807, 2.05) is 0 Å². The summed E-state index contributed by atoms with van der Waals surface area (Å²) in [5.41, 5.74) is -0.287. The van der Waals surface area contributed by atoms with Crippen LogP contribution in [0.3, 0.4) is 0 Å². The fourth-order valence-electron chi connectivity index (χ4n) is 3.80. The van der Waals surface area contributed by atoms with Gasteiger partial charge >= 0.3 is 0 Å². The van der Waals surface area contributed by atoms with Crippen molar-refractivity contribution in [2.45, 2.75) is 70.0 Å². The standard InChI is InChI=1S/C17H31N3O/c1-14(2)19-17(13-18)9-4-5-15(17)8-10-20(11-12-21-3)16-6-7-16/h14-16,19H,4-12H2,1-3H3. The van der Waals surface area contributed by atoms with Crippen molar-refractivity contribution in [2.24, 2.45) is 5.92 Å². The molecule has 4 nitrogen and oxygen atoms in total. The maximum atomic E-state index is 9.72. The smallest absolute Gasteiger partial charge is 0.109 e. The third-order valence-corrected chi connectivity index (χ3v) is 4.98. The van der Waals surface area contributed by atoms with Crippen molar-refractivity contribution in [3.05, 3.63) is 0 Å². The van der Waals surface area contributed by atoms with E-state index in [0.29, 0.717) is 12.0 Å². The number of nitrogens with zero attached hydrogens (tertiary/aromatic N) is 2. The topological polar surface area (TPSA) is 48.3 Å². The lowest BCUT2D eigenvalue weighted by Crippen LogP contribution is -2.51. The van der Waals surface area contributed by atoms with Crippen molar-refractivity contribution >= 4 is 0 Å². The summed E-state index contributed by atoms with van der Waals surface area (Å²) in [5.74, 6) is 0.494. The Hall–Kier alpha value is -0.630. The molecule has 0 spiro atoms. The minimum absolute atomic E-state index is 0.287. The summed E-state index contributed by atoms with van der Waals surface area (Å²) in [7, 11) is 1.77. The third kappa shape index (κ3) is 4.42. The molecule has 2 aliphatic rings. The predicted molar refractivity (Wildman–Crippen MR) is 85.0 cm³/mol. The Morgan fingerprint density at radius 3 is 2.67 bits per heavy atom. The van der Waals surface area contributed by atoms with Crippen LogP contribution in [-0.2, 0) is 4.74 Å². The summed E-state index contributed by atoms with van der Waals surface area (Å²) >= 11 is 0. The van der Waals surface area contributed by atoms with Gasteiger partial charge in [0.05, 0.1) is 12.7 Å². The lowest BCUT2D eigenvalue weighted by molar-refractivity contribution is 0.134. The van der Waals surface area contributed by atoms with Crippen molar-refractivity contribution in [1.29, 1.82) is 5.26 Å². The first kappa shape index (κ1) is 16.7. The first-order valence-corrected chi connectivity index (χ1v) is 8.53. The van der Waals surface area contributed by atoms with Crippen LogP contribution in [0.25, 0.3) is 0 Å². The van der Waals surface area contributed by atoms with Gasteiger partial charge in [-0.3, -0.25) is 10.2 Å². The minimum atomic E-state index is -0.287. The number of nitrogens with one attached hydrogen (secondary N) is 1.